The molecule has 2 aromatic heterocycles. The Balaban J connectivity index is 0.000000437. The lowest BCUT2D eigenvalue weighted by Gasteiger charge is -2.02. The molecule has 2 rings (SSSR count). The fraction of sp³-hybridized carbons (Fsp3) is 0.182. The second-order valence-electron chi connectivity index (χ2n) is 2.88. The molecule has 0 aliphatic rings. The molecular formula is C11H10ClN3O2. The summed E-state index contributed by atoms with van der Waals surface area (Å²) in [4.78, 5) is 21.6. The number of H-pyrrole nitrogens is 1. The Bertz CT molecular complexity index is 616. The van der Waals surface area contributed by atoms with Gasteiger partial charge in [-0.1, -0.05) is 0 Å². The van der Waals surface area contributed by atoms with Gasteiger partial charge in [-0.05, 0) is 18.5 Å². The van der Waals surface area contributed by atoms with Crippen LogP contribution < -0.4 is 10.3 Å². The van der Waals surface area contributed by atoms with E-state index in [2.05, 4.69) is 27.3 Å². The topological polar surface area (TPSA) is 67.9 Å². The van der Waals surface area contributed by atoms with Crippen LogP contribution in [-0.2, 0) is 0 Å². The largest absolute Gasteiger partial charge is 0.494 e. The molecule has 0 unspecified atom stereocenters. The number of hydrogen-bond donors (Lipinski definition) is 1. The zero-order chi connectivity index (χ0) is 12.8. The first-order valence-corrected chi connectivity index (χ1v) is 4.96. The highest BCUT2D eigenvalue weighted by Crippen LogP contribution is 2.18. The van der Waals surface area contributed by atoms with E-state index in [1.54, 1.807) is 6.92 Å². The molecule has 0 bridgehead atoms. The number of rotatable bonds is 1. The first-order chi connectivity index (χ1) is 8.13. The van der Waals surface area contributed by atoms with E-state index in [1.165, 1.54) is 19.5 Å². The number of halogens is 1. The summed E-state index contributed by atoms with van der Waals surface area (Å²) in [5.74, 6) is 2.63. The van der Waals surface area contributed by atoms with E-state index < -0.39 is 0 Å². The van der Waals surface area contributed by atoms with Crippen molar-refractivity contribution in [2.24, 2.45) is 0 Å². The monoisotopic (exact) mass is 251 g/mol. The summed E-state index contributed by atoms with van der Waals surface area (Å²) >= 11 is 5.58. The maximum absolute atomic E-state index is 11.5. The van der Waals surface area contributed by atoms with Gasteiger partial charge in [-0.25, -0.2) is 4.98 Å². The molecule has 0 radical (unpaired) electrons. The number of terminal acetylenes is 1. The smallest absolute Gasteiger partial charge is 0.263 e. The number of methoxy groups -OCH3 is 1. The Morgan fingerprint density at radius 1 is 1.53 bits per heavy atom. The molecule has 1 N–H and O–H groups in total. The quantitative estimate of drug-likeness (QED) is 0.618. The van der Waals surface area contributed by atoms with Gasteiger partial charge in [0.15, 0.2) is 5.75 Å². The number of ether oxygens (including phenoxy) is 1. The van der Waals surface area contributed by atoms with Crippen LogP contribution >= 0.6 is 11.6 Å². The van der Waals surface area contributed by atoms with Crippen molar-refractivity contribution in [2.45, 2.75) is 6.92 Å². The normalized spacial score (nSPS) is 9.06. The Morgan fingerprint density at radius 3 is 2.76 bits per heavy atom. The molecule has 0 amide bonds. The van der Waals surface area contributed by atoms with Crippen molar-refractivity contribution in [2.75, 3.05) is 7.11 Å². The average Bonchev–Trinajstić information content (AvgIpc) is 2.28. The molecule has 0 fully saturated rings. The lowest BCUT2D eigenvalue weighted by molar-refractivity contribution is 0.417. The van der Waals surface area contributed by atoms with E-state index >= 15 is 0 Å². The van der Waals surface area contributed by atoms with E-state index in [0.29, 0.717) is 16.7 Å². The fourth-order valence-corrected chi connectivity index (χ4v) is 1.37. The van der Waals surface area contributed by atoms with Gasteiger partial charge in [-0.15, -0.1) is 12.3 Å². The van der Waals surface area contributed by atoms with Gasteiger partial charge in [0, 0.05) is 0 Å². The number of pyridine rings is 1. The zero-order valence-electron chi connectivity index (χ0n) is 9.32. The van der Waals surface area contributed by atoms with E-state index in [1.807, 2.05) is 0 Å². The van der Waals surface area contributed by atoms with Crippen LogP contribution in [0, 0.1) is 12.3 Å². The minimum Gasteiger partial charge on any atom is -0.494 e. The van der Waals surface area contributed by atoms with Crippen LogP contribution in [0.4, 0.5) is 0 Å². The van der Waals surface area contributed by atoms with Gasteiger partial charge < -0.3 is 4.74 Å². The maximum atomic E-state index is 11.5. The van der Waals surface area contributed by atoms with Crippen molar-refractivity contribution in [1.29, 1.82) is 0 Å². The molecule has 0 saturated carbocycles. The van der Waals surface area contributed by atoms with Crippen molar-refractivity contribution in [3.63, 3.8) is 0 Å². The second-order valence-corrected chi connectivity index (χ2v) is 3.24. The van der Waals surface area contributed by atoms with Crippen molar-refractivity contribution >= 4 is 22.5 Å². The highest BCUT2D eigenvalue weighted by Gasteiger charge is 2.08. The number of fused-ring (bicyclic) bond motifs is 1. The molecule has 6 heteroatoms. The number of aromatic amines is 1. The van der Waals surface area contributed by atoms with Crippen LogP contribution in [-0.4, -0.2) is 22.1 Å². The predicted octanol–water partition coefficient (Wildman–Crippen LogP) is 1.62. The third-order valence-electron chi connectivity index (χ3n) is 1.77. The second kappa shape index (κ2) is 5.87. The summed E-state index contributed by atoms with van der Waals surface area (Å²) in [5.41, 5.74) is 0.0809. The lowest BCUT2D eigenvalue weighted by atomic mass is 10.3. The zero-order valence-corrected chi connectivity index (χ0v) is 10.1. The molecule has 0 aromatic carbocycles. The third-order valence-corrected chi connectivity index (χ3v) is 1.95. The highest BCUT2D eigenvalue weighted by atomic mass is 35.5. The summed E-state index contributed by atoms with van der Waals surface area (Å²) in [6, 6.07) is 0. The molecule has 0 atom stereocenters. The van der Waals surface area contributed by atoms with E-state index in [-0.39, 0.29) is 10.8 Å². The Labute approximate surface area is 103 Å². The summed E-state index contributed by atoms with van der Waals surface area (Å²) in [7, 11) is 1.46. The van der Waals surface area contributed by atoms with Crippen molar-refractivity contribution < 1.29 is 4.74 Å². The van der Waals surface area contributed by atoms with Gasteiger partial charge in [0.2, 0.25) is 5.28 Å². The number of aromatic nitrogens is 3. The lowest BCUT2D eigenvalue weighted by Crippen LogP contribution is -2.09. The summed E-state index contributed by atoms with van der Waals surface area (Å²) in [6.45, 7) is 1.65. The molecule has 0 spiro atoms. The Hall–Kier alpha value is -2.06. The van der Waals surface area contributed by atoms with Gasteiger partial charge in [0.25, 0.3) is 5.56 Å². The van der Waals surface area contributed by atoms with Gasteiger partial charge in [-0.3, -0.25) is 14.8 Å². The summed E-state index contributed by atoms with van der Waals surface area (Å²) < 4.78 is 4.98. The van der Waals surface area contributed by atoms with Crippen LogP contribution in [0.1, 0.15) is 6.92 Å². The van der Waals surface area contributed by atoms with Crippen molar-refractivity contribution in [3.8, 4) is 18.1 Å². The SMILES string of the molecule is C#CC.COc1cncc2nc(Cl)[nH]c(=O)c12. The predicted molar refractivity (Wildman–Crippen MR) is 66.2 cm³/mol. The summed E-state index contributed by atoms with van der Waals surface area (Å²) in [6.07, 6.45) is 7.51. The maximum Gasteiger partial charge on any atom is 0.263 e. The fourth-order valence-electron chi connectivity index (χ4n) is 1.19. The number of hydrogen-bond acceptors (Lipinski definition) is 4. The molecule has 0 saturated heterocycles. The molecule has 88 valence electrons. The highest BCUT2D eigenvalue weighted by molar-refractivity contribution is 6.28. The first-order valence-electron chi connectivity index (χ1n) is 4.59. The van der Waals surface area contributed by atoms with Crippen LogP contribution in [0.2, 0.25) is 5.28 Å². The number of nitrogens with one attached hydrogen (secondary N) is 1. The van der Waals surface area contributed by atoms with Crippen LogP contribution in [0.15, 0.2) is 17.2 Å². The van der Waals surface area contributed by atoms with Crippen LogP contribution in [0.25, 0.3) is 10.9 Å². The third kappa shape index (κ3) is 2.95. The number of nitrogens with zero attached hydrogens (tertiary/aromatic N) is 2. The van der Waals surface area contributed by atoms with Crippen LogP contribution in [0.3, 0.4) is 0 Å². The molecule has 2 heterocycles. The average molecular weight is 252 g/mol. The van der Waals surface area contributed by atoms with E-state index in [0.717, 1.165) is 0 Å². The van der Waals surface area contributed by atoms with Gasteiger partial charge in [0.05, 0.1) is 19.5 Å². The van der Waals surface area contributed by atoms with E-state index in [9.17, 15) is 4.79 Å². The Morgan fingerprint density at radius 2 is 2.18 bits per heavy atom. The van der Waals surface area contributed by atoms with Gasteiger partial charge in [0.1, 0.15) is 10.9 Å². The molecule has 5 nitrogen and oxygen atoms in total. The molecule has 2 aromatic rings. The first kappa shape index (κ1) is 13.0. The van der Waals surface area contributed by atoms with Crippen LogP contribution in [0.5, 0.6) is 5.75 Å². The molecule has 17 heavy (non-hydrogen) atoms. The molecular weight excluding hydrogens is 242 g/mol. The van der Waals surface area contributed by atoms with E-state index in [4.69, 9.17) is 16.3 Å². The molecule has 0 aliphatic carbocycles. The van der Waals surface area contributed by atoms with Crippen molar-refractivity contribution in [3.05, 3.63) is 28.0 Å². The van der Waals surface area contributed by atoms with Gasteiger partial charge >= 0.3 is 0 Å². The minimum atomic E-state index is -0.334. The molecule has 0 aliphatic heterocycles. The Kier molecular flexibility index (Phi) is 4.49. The van der Waals surface area contributed by atoms with Gasteiger partial charge in [-0.2, -0.15) is 0 Å². The standard InChI is InChI=1S/C8H6ClN3O2.C3H4/c1-14-5-3-10-2-4-6(5)7(13)12-8(9)11-4;1-3-2/h2-3H,1H3,(H,11,12,13);1H,2H3. The minimum absolute atomic E-state index is 0.0394. The summed E-state index contributed by atoms with van der Waals surface area (Å²) in [5, 5.41) is 0.393. The van der Waals surface area contributed by atoms with Crippen molar-refractivity contribution in [1.82, 2.24) is 15.0 Å².